The lowest BCUT2D eigenvalue weighted by atomic mass is 10.4. The van der Waals surface area contributed by atoms with Crippen molar-refractivity contribution in [2.24, 2.45) is 0 Å². The summed E-state index contributed by atoms with van der Waals surface area (Å²) in [5, 5.41) is 0. The highest BCUT2D eigenvalue weighted by molar-refractivity contribution is 9.10. The van der Waals surface area contributed by atoms with Gasteiger partial charge in [0.1, 0.15) is 5.82 Å². The molecule has 1 N–H and O–H groups in total. The Balaban J connectivity index is 2.37. The summed E-state index contributed by atoms with van der Waals surface area (Å²) >= 11 is 3.17. The summed E-state index contributed by atoms with van der Waals surface area (Å²) < 4.78 is 39.7. The van der Waals surface area contributed by atoms with E-state index in [-0.39, 0.29) is 10.7 Å². The normalized spacial score (nSPS) is 11.2. The minimum Gasteiger partial charge on any atom is -0.262 e. The lowest BCUT2D eigenvalue weighted by Gasteiger charge is -2.08. The number of sulfonamides is 1. The summed E-state index contributed by atoms with van der Waals surface area (Å²) in [6.45, 7) is 0. The highest BCUT2D eigenvalue weighted by Gasteiger charge is 2.16. The average molecular weight is 331 g/mol. The molecule has 0 radical (unpaired) electrons. The Morgan fingerprint density at radius 1 is 1.22 bits per heavy atom. The van der Waals surface area contributed by atoms with Crippen LogP contribution in [-0.2, 0) is 10.0 Å². The fourth-order valence-corrected chi connectivity index (χ4v) is 2.83. The third kappa shape index (κ3) is 2.85. The smallest absolute Gasteiger partial charge is 0.262 e. The molecule has 94 valence electrons. The highest BCUT2D eigenvalue weighted by Crippen LogP contribution is 2.22. The van der Waals surface area contributed by atoms with Crippen molar-refractivity contribution in [3.05, 3.63) is 52.9 Å². The van der Waals surface area contributed by atoms with E-state index in [4.69, 9.17) is 0 Å². The molecule has 0 amide bonds. The molecule has 0 saturated heterocycles. The van der Waals surface area contributed by atoms with Gasteiger partial charge in [-0.1, -0.05) is 6.07 Å². The Hall–Kier alpha value is -1.47. The van der Waals surface area contributed by atoms with Gasteiger partial charge in [0.15, 0.2) is 5.82 Å². The van der Waals surface area contributed by atoms with E-state index in [0.29, 0.717) is 4.47 Å². The second kappa shape index (κ2) is 5.03. The molecule has 0 aliphatic rings. The molecule has 0 spiro atoms. The number of nitrogens with one attached hydrogen (secondary N) is 1. The van der Waals surface area contributed by atoms with Crippen LogP contribution in [0.5, 0.6) is 0 Å². The number of pyridine rings is 1. The zero-order chi connectivity index (χ0) is 13.2. The molecule has 0 unspecified atom stereocenters. The van der Waals surface area contributed by atoms with Crippen molar-refractivity contribution in [3.63, 3.8) is 0 Å². The molecule has 0 aliphatic heterocycles. The van der Waals surface area contributed by atoms with E-state index in [0.717, 1.165) is 6.07 Å². The third-order valence-corrected chi connectivity index (χ3v) is 4.07. The molecule has 0 fully saturated rings. The van der Waals surface area contributed by atoms with Crippen LogP contribution in [0.2, 0.25) is 0 Å². The summed E-state index contributed by atoms with van der Waals surface area (Å²) in [5.74, 6) is -0.459. The van der Waals surface area contributed by atoms with E-state index in [1.54, 1.807) is 12.1 Å². The second-order valence-corrected chi connectivity index (χ2v) is 5.93. The molecule has 18 heavy (non-hydrogen) atoms. The zero-order valence-electron chi connectivity index (χ0n) is 8.97. The van der Waals surface area contributed by atoms with Gasteiger partial charge in [-0.15, -0.1) is 0 Å². The Bertz CT molecular complexity index is 676. The number of benzene rings is 1. The van der Waals surface area contributed by atoms with Gasteiger partial charge in [-0.3, -0.25) is 4.72 Å². The standard InChI is InChI=1S/C11H8BrFN2O2S/c12-10-5-2-6-14-11(10)15-18(16,17)9-4-1-3-8(13)7-9/h1-7H,(H,14,15). The van der Waals surface area contributed by atoms with Crippen LogP contribution in [0.1, 0.15) is 0 Å². The molecule has 2 rings (SSSR count). The van der Waals surface area contributed by atoms with E-state index in [2.05, 4.69) is 25.6 Å². The van der Waals surface area contributed by atoms with E-state index in [9.17, 15) is 12.8 Å². The molecule has 0 bridgehead atoms. The quantitative estimate of drug-likeness (QED) is 0.941. The molecule has 0 atom stereocenters. The number of anilines is 1. The lowest BCUT2D eigenvalue weighted by Crippen LogP contribution is -2.14. The number of rotatable bonds is 3. The van der Waals surface area contributed by atoms with Gasteiger partial charge in [0.05, 0.1) is 9.37 Å². The van der Waals surface area contributed by atoms with Crippen LogP contribution < -0.4 is 4.72 Å². The summed E-state index contributed by atoms with van der Waals surface area (Å²) in [4.78, 5) is 3.73. The van der Waals surface area contributed by atoms with Gasteiger partial charge >= 0.3 is 0 Å². The minimum absolute atomic E-state index is 0.153. The van der Waals surface area contributed by atoms with E-state index >= 15 is 0 Å². The molecule has 0 saturated carbocycles. The molecule has 1 aromatic carbocycles. The van der Waals surface area contributed by atoms with Crippen LogP contribution >= 0.6 is 15.9 Å². The van der Waals surface area contributed by atoms with Crippen molar-refractivity contribution >= 4 is 31.8 Å². The SMILES string of the molecule is O=S(=O)(Nc1ncccc1Br)c1cccc(F)c1. The van der Waals surface area contributed by atoms with Gasteiger partial charge in [-0.05, 0) is 46.3 Å². The second-order valence-electron chi connectivity index (χ2n) is 3.40. The van der Waals surface area contributed by atoms with Crippen molar-refractivity contribution in [1.29, 1.82) is 0 Å². The summed E-state index contributed by atoms with van der Waals surface area (Å²) in [7, 11) is -3.84. The number of nitrogens with zero attached hydrogens (tertiary/aromatic N) is 1. The Morgan fingerprint density at radius 3 is 2.67 bits per heavy atom. The number of halogens is 2. The van der Waals surface area contributed by atoms with Crippen LogP contribution in [-0.4, -0.2) is 13.4 Å². The first-order valence-corrected chi connectivity index (χ1v) is 7.15. The van der Waals surface area contributed by atoms with Crippen LogP contribution in [0.3, 0.4) is 0 Å². The zero-order valence-corrected chi connectivity index (χ0v) is 11.4. The molecule has 7 heteroatoms. The minimum atomic E-state index is -3.84. The predicted molar refractivity (Wildman–Crippen MR) is 69.1 cm³/mol. The van der Waals surface area contributed by atoms with E-state index in [1.165, 1.54) is 24.4 Å². The number of aromatic nitrogens is 1. The average Bonchev–Trinajstić information content (AvgIpc) is 2.32. The molecule has 4 nitrogen and oxygen atoms in total. The van der Waals surface area contributed by atoms with Gasteiger partial charge < -0.3 is 0 Å². The number of hydrogen-bond donors (Lipinski definition) is 1. The van der Waals surface area contributed by atoms with Gasteiger partial charge in [0.25, 0.3) is 10.0 Å². The molecule has 2 aromatic rings. The maximum absolute atomic E-state index is 13.0. The van der Waals surface area contributed by atoms with Gasteiger partial charge in [0, 0.05) is 6.20 Å². The molecule has 1 heterocycles. The third-order valence-electron chi connectivity index (χ3n) is 2.10. The van der Waals surface area contributed by atoms with Crippen molar-refractivity contribution in [2.45, 2.75) is 4.90 Å². The molecule has 1 aromatic heterocycles. The highest BCUT2D eigenvalue weighted by atomic mass is 79.9. The predicted octanol–water partition coefficient (Wildman–Crippen LogP) is 2.78. The maximum Gasteiger partial charge on any atom is 0.263 e. The Kier molecular flexibility index (Phi) is 3.63. The van der Waals surface area contributed by atoms with Crippen LogP contribution in [0.15, 0.2) is 52.0 Å². The first-order chi connectivity index (χ1) is 8.49. The van der Waals surface area contributed by atoms with Gasteiger partial charge in [-0.2, -0.15) is 0 Å². The van der Waals surface area contributed by atoms with Crippen molar-refractivity contribution in [3.8, 4) is 0 Å². The first kappa shape index (κ1) is 13.0. The van der Waals surface area contributed by atoms with Crippen LogP contribution in [0.25, 0.3) is 0 Å². The fraction of sp³-hybridized carbons (Fsp3) is 0. The van der Waals surface area contributed by atoms with Crippen LogP contribution in [0.4, 0.5) is 10.2 Å². The first-order valence-electron chi connectivity index (χ1n) is 4.88. The van der Waals surface area contributed by atoms with Crippen molar-refractivity contribution in [1.82, 2.24) is 4.98 Å². The van der Waals surface area contributed by atoms with Crippen molar-refractivity contribution < 1.29 is 12.8 Å². The topological polar surface area (TPSA) is 59.1 Å². The summed E-state index contributed by atoms with van der Waals surface area (Å²) in [5.41, 5.74) is 0. The largest absolute Gasteiger partial charge is 0.263 e. The Morgan fingerprint density at radius 2 is 2.00 bits per heavy atom. The van der Waals surface area contributed by atoms with Gasteiger partial charge in [0.2, 0.25) is 0 Å². The molecular weight excluding hydrogens is 323 g/mol. The summed E-state index contributed by atoms with van der Waals surface area (Å²) in [6, 6.07) is 8.06. The monoisotopic (exact) mass is 330 g/mol. The fourth-order valence-electron chi connectivity index (χ4n) is 1.28. The van der Waals surface area contributed by atoms with Gasteiger partial charge in [-0.25, -0.2) is 17.8 Å². The van der Waals surface area contributed by atoms with Crippen molar-refractivity contribution in [2.75, 3.05) is 4.72 Å². The molecule has 0 aliphatic carbocycles. The Labute approximate surface area is 112 Å². The van der Waals surface area contributed by atoms with E-state index < -0.39 is 15.8 Å². The summed E-state index contributed by atoms with van der Waals surface area (Å²) in [6.07, 6.45) is 1.45. The maximum atomic E-state index is 13.0. The number of hydrogen-bond acceptors (Lipinski definition) is 3. The molecular formula is C11H8BrFN2O2S. The van der Waals surface area contributed by atoms with Crippen LogP contribution in [0, 0.1) is 5.82 Å². The lowest BCUT2D eigenvalue weighted by molar-refractivity contribution is 0.595. The van der Waals surface area contributed by atoms with E-state index in [1.807, 2.05) is 0 Å².